The number of methoxy groups -OCH3 is 1. The molecular formula is C15H17F2NO4. The fourth-order valence-electron chi connectivity index (χ4n) is 2.66. The van der Waals surface area contributed by atoms with Crippen LogP contribution in [-0.4, -0.2) is 29.0 Å². The molecule has 0 bridgehead atoms. The minimum atomic E-state index is -1.09. The lowest BCUT2D eigenvalue weighted by molar-refractivity contribution is -0.146. The summed E-state index contributed by atoms with van der Waals surface area (Å²) in [6.07, 6.45) is -0.214. The Morgan fingerprint density at radius 1 is 1.50 bits per heavy atom. The number of nitrogens with zero attached hydrogens (tertiary/aromatic N) is 1. The third-order valence-corrected chi connectivity index (χ3v) is 3.98. The maximum absolute atomic E-state index is 14.2. The normalized spacial score (nSPS) is 18.0. The number of carbonyl (C=O) groups is 2. The molecule has 7 heteroatoms. The molecule has 0 aliphatic carbocycles. The average molecular weight is 313 g/mol. The minimum absolute atomic E-state index is 0.0840. The number of amides is 1. The number of fused-ring (bicyclic) bond motifs is 1. The van der Waals surface area contributed by atoms with Crippen molar-refractivity contribution in [1.29, 1.82) is 0 Å². The molecule has 2 rings (SSSR count). The summed E-state index contributed by atoms with van der Waals surface area (Å²) in [4.78, 5) is 24.3. The summed E-state index contributed by atoms with van der Waals surface area (Å²) in [5, 5.41) is 8.86. The number of hydrogen-bond acceptors (Lipinski definition) is 3. The molecule has 0 spiro atoms. The van der Waals surface area contributed by atoms with Crippen LogP contribution in [0.5, 0.6) is 5.75 Å². The zero-order valence-corrected chi connectivity index (χ0v) is 12.5. The lowest BCUT2D eigenvalue weighted by atomic mass is 10.0. The summed E-state index contributed by atoms with van der Waals surface area (Å²) in [5.74, 6) is -3.92. The van der Waals surface area contributed by atoms with Gasteiger partial charge in [0, 0.05) is 30.2 Å². The van der Waals surface area contributed by atoms with E-state index in [1.807, 2.05) is 0 Å². The Morgan fingerprint density at radius 3 is 2.68 bits per heavy atom. The predicted octanol–water partition coefficient (Wildman–Crippen LogP) is 2.49. The zero-order chi connectivity index (χ0) is 16.6. The van der Waals surface area contributed by atoms with Gasteiger partial charge in [-0.15, -0.1) is 0 Å². The molecule has 0 saturated heterocycles. The van der Waals surface area contributed by atoms with Crippen molar-refractivity contribution in [3.05, 3.63) is 28.8 Å². The van der Waals surface area contributed by atoms with Crippen molar-refractivity contribution in [2.45, 2.75) is 32.9 Å². The van der Waals surface area contributed by atoms with Crippen LogP contribution in [0.4, 0.5) is 8.78 Å². The molecule has 2 atom stereocenters. The molecule has 1 amide bonds. The van der Waals surface area contributed by atoms with Gasteiger partial charge in [0.25, 0.3) is 0 Å². The lowest BCUT2D eigenvalue weighted by Gasteiger charge is -2.22. The number of carbonyl (C=O) groups excluding carboxylic acids is 1. The summed E-state index contributed by atoms with van der Waals surface area (Å²) in [6, 6.07) is 0.308. The first-order chi connectivity index (χ1) is 10.3. The van der Waals surface area contributed by atoms with Gasteiger partial charge in [-0.25, -0.2) is 8.78 Å². The highest BCUT2D eigenvalue weighted by Crippen LogP contribution is 2.40. The standard InChI is InChI=1S/C15H17F2NO4/c1-7(15(20)21)4-12(19)18-6-9-13(8(18)2)10(16)5-11(22-3)14(9)17/h5,7-8H,4,6H2,1-3H3,(H,20,21)/t7-,8?/m0/s1. The van der Waals surface area contributed by atoms with E-state index in [4.69, 9.17) is 9.84 Å². The number of carboxylic acid groups (broad SMARTS) is 1. The molecule has 0 radical (unpaired) electrons. The number of benzene rings is 1. The van der Waals surface area contributed by atoms with Gasteiger partial charge in [0.15, 0.2) is 11.6 Å². The van der Waals surface area contributed by atoms with E-state index >= 15 is 0 Å². The van der Waals surface area contributed by atoms with Crippen molar-refractivity contribution in [1.82, 2.24) is 4.90 Å². The number of ether oxygens (including phenoxy) is 1. The molecule has 1 aliphatic heterocycles. The van der Waals surface area contributed by atoms with E-state index in [9.17, 15) is 18.4 Å². The van der Waals surface area contributed by atoms with Crippen molar-refractivity contribution in [3.63, 3.8) is 0 Å². The van der Waals surface area contributed by atoms with Crippen molar-refractivity contribution >= 4 is 11.9 Å². The molecule has 1 aromatic carbocycles. The van der Waals surface area contributed by atoms with Crippen LogP contribution in [0.1, 0.15) is 37.4 Å². The number of hydrogen-bond donors (Lipinski definition) is 1. The van der Waals surface area contributed by atoms with Crippen molar-refractivity contribution in [2.75, 3.05) is 7.11 Å². The third-order valence-electron chi connectivity index (χ3n) is 3.98. The second-order valence-corrected chi connectivity index (χ2v) is 5.41. The maximum atomic E-state index is 14.2. The molecule has 0 aromatic heterocycles. The fraction of sp³-hybridized carbons (Fsp3) is 0.467. The second-order valence-electron chi connectivity index (χ2n) is 5.41. The van der Waals surface area contributed by atoms with Crippen molar-refractivity contribution in [3.8, 4) is 5.75 Å². The van der Waals surface area contributed by atoms with E-state index in [0.717, 1.165) is 6.07 Å². The number of halogens is 2. The van der Waals surface area contributed by atoms with Gasteiger partial charge in [-0.1, -0.05) is 6.92 Å². The third kappa shape index (κ3) is 2.63. The van der Waals surface area contributed by atoms with E-state index in [0.29, 0.717) is 0 Å². The molecule has 0 fully saturated rings. The summed E-state index contributed by atoms with van der Waals surface area (Å²) < 4.78 is 33.1. The summed E-state index contributed by atoms with van der Waals surface area (Å²) in [7, 11) is 1.24. The van der Waals surface area contributed by atoms with Crippen molar-refractivity contribution < 1.29 is 28.2 Å². The highest BCUT2D eigenvalue weighted by Gasteiger charge is 2.37. The Labute approximate surface area is 126 Å². The van der Waals surface area contributed by atoms with Crippen LogP contribution in [0.2, 0.25) is 0 Å². The van der Waals surface area contributed by atoms with Crippen LogP contribution in [0, 0.1) is 17.6 Å². The molecule has 1 unspecified atom stereocenters. The number of aliphatic carboxylic acids is 1. The molecule has 0 saturated carbocycles. The summed E-state index contributed by atoms with van der Waals surface area (Å²) in [5.41, 5.74) is 0.204. The molecule has 1 aliphatic rings. The summed E-state index contributed by atoms with van der Waals surface area (Å²) >= 11 is 0. The van der Waals surface area contributed by atoms with Crippen LogP contribution in [-0.2, 0) is 16.1 Å². The van der Waals surface area contributed by atoms with Gasteiger partial charge in [0.1, 0.15) is 5.82 Å². The monoisotopic (exact) mass is 313 g/mol. The molecular weight excluding hydrogens is 296 g/mol. The van der Waals surface area contributed by atoms with Crippen LogP contribution in [0.25, 0.3) is 0 Å². The van der Waals surface area contributed by atoms with Crippen molar-refractivity contribution in [2.24, 2.45) is 5.92 Å². The molecule has 22 heavy (non-hydrogen) atoms. The molecule has 120 valence electrons. The summed E-state index contributed by atoms with van der Waals surface area (Å²) in [6.45, 7) is 2.91. The van der Waals surface area contributed by atoms with Crippen LogP contribution in [0.15, 0.2) is 6.07 Å². The first-order valence-electron chi connectivity index (χ1n) is 6.84. The van der Waals surface area contributed by atoms with E-state index in [1.165, 1.54) is 18.9 Å². The predicted molar refractivity (Wildman–Crippen MR) is 73.3 cm³/mol. The highest BCUT2D eigenvalue weighted by molar-refractivity contribution is 5.83. The minimum Gasteiger partial charge on any atom is -0.494 e. The molecule has 1 heterocycles. The van der Waals surface area contributed by atoms with Gasteiger partial charge in [-0.2, -0.15) is 0 Å². The van der Waals surface area contributed by atoms with Gasteiger partial charge in [-0.05, 0) is 6.92 Å². The smallest absolute Gasteiger partial charge is 0.306 e. The van der Waals surface area contributed by atoms with Gasteiger partial charge in [0.05, 0.1) is 19.1 Å². The Morgan fingerprint density at radius 2 is 2.14 bits per heavy atom. The molecule has 1 N–H and O–H groups in total. The quantitative estimate of drug-likeness (QED) is 0.927. The number of carboxylic acids is 1. The van der Waals surface area contributed by atoms with Crippen LogP contribution >= 0.6 is 0 Å². The second kappa shape index (κ2) is 5.90. The van der Waals surface area contributed by atoms with Gasteiger partial charge < -0.3 is 14.7 Å². The first-order valence-corrected chi connectivity index (χ1v) is 6.84. The van der Waals surface area contributed by atoms with Crippen LogP contribution < -0.4 is 4.74 Å². The van der Waals surface area contributed by atoms with Gasteiger partial charge in [-0.3, -0.25) is 9.59 Å². The largest absolute Gasteiger partial charge is 0.494 e. The van der Waals surface area contributed by atoms with Gasteiger partial charge in [0.2, 0.25) is 5.91 Å². The molecule has 1 aromatic rings. The Balaban J connectivity index is 2.30. The maximum Gasteiger partial charge on any atom is 0.306 e. The van der Waals surface area contributed by atoms with E-state index in [2.05, 4.69) is 0 Å². The van der Waals surface area contributed by atoms with E-state index in [1.54, 1.807) is 6.92 Å². The Bertz CT molecular complexity index is 632. The van der Waals surface area contributed by atoms with Crippen LogP contribution in [0.3, 0.4) is 0 Å². The first kappa shape index (κ1) is 16.2. The zero-order valence-electron chi connectivity index (χ0n) is 12.5. The lowest BCUT2D eigenvalue weighted by Crippen LogP contribution is -2.31. The Hall–Kier alpha value is -2.18. The van der Waals surface area contributed by atoms with E-state index in [-0.39, 0.29) is 29.8 Å². The van der Waals surface area contributed by atoms with Gasteiger partial charge >= 0.3 is 5.97 Å². The SMILES string of the molecule is COc1cc(F)c2c(c1F)CN(C(=O)C[C@H](C)C(=O)O)C2C. The highest BCUT2D eigenvalue weighted by atomic mass is 19.1. The van der Waals surface area contributed by atoms with E-state index < -0.39 is 35.5 Å². The Kier molecular flexibility index (Phi) is 4.35. The number of rotatable bonds is 4. The topological polar surface area (TPSA) is 66.8 Å². The fourth-order valence-corrected chi connectivity index (χ4v) is 2.66. The molecule has 5 nitrogen and oxygen atoms in total. The average Bonchev–Trinajstić information content (AvgIpc) is 2.81.